The maximum Gasteiger partial charge on any atom is 0.310 e. The maximum atomic E-state index is 11.9. The monoisotopic (exact) mass is 439 g/mol. The Kier molecular flexibility index (Phi) is 7.99. The Morgan fingerprint density at radius 3 is 2.44 bits per heavy atom. The molecule has 8 nitrogen and oxygen atoms in total. The van der Waals surface area contributed by atoms with E-state index in [0.717, 1.165) is 22.1 Å². The van der Waals surface area contributed by atoms with Crippen molar-refractivity contribution < 1.29 is 29.3 Å². The highest BCUT2D eigenvalue weighted by atomic mass is 17.0. The number of methoxy groups -OCH3 is 1. The number of hydrogen-bond donors (Lipinski definition) is 1. The van der Waals surface area contributed by atoms with Crippen LogP contribution in [-0.2, 0) is 21.0 Å². The van der Waals surface area contributed by atoms with E-state index in [4.69, 9.17) is 14.3 Å². The van der Waals surface area contributed by atoms with Crippen LogP contribution in [-0.4, -0.2) is 36.0 Å². The number of ether oxygens (including phenoxy) is 2. The van der Waals surface area contributed by atoms with E-state index in [1.807, 2.05) is 60.7 Å². The number of benzene rings is 3. The van der Waals surface area contributed by atoms with E-state index >= 15 is 0 Å². The third kappa shape index (κ3) is 6.42. The minimum Gasteiger partial charge on any atom is -0.497 e. The Balaban J connectivity index is 1.66. The van der Waals surface area contributed by atoms with Gasteiger partial charge in [-0.1, -0.05) is 54.6 Å². The summed E-state index contributed by atoms with van der Waals surface area (Å²) in [5, 5.41) is 21.6. The third-order valence-electron chi connectivity index (χ3n) is 5.20. The van der Waals surface area contributed by atoms with Crippen LogP contribution in [0.15, 0.2) is 66.7 Å². The highest BCUT2D eigenvalue weighted by Crippen LogP contribution is 2.28. The fraction of sp³-hybridized carbons (Fsp3) is 0.292. The summed E-state index contributed by atoms with van der Waals surface area (Å²) < 4.78 is 10.8. The van der Waals surface area contributed by atoms with Crippen LogP contribution in [0.25, 0.3) is 10.8 Å². The van der Waals surface area contributed by atoms with Gasteiger partial charge in [0.05, 0.1) is 26.2 Å². The van der Waals surface area contributed by atoms with Gasteiger partial charge >= 0.3 is 5.97 Å². The molecule has 0 amide bonds. The number of nitrogens with zero attached hydrogens (tertiary/aromatic N) is 1. The molecule has 3 aromatic rings. The van der Waals surface area contributed by atoms with Gasteiger partial charge in [0.2, 0.25) is 0 Å². The van der Waals surface area contributed by atoms with Crippen LogP contribution in [0.2, 0.25) is 0 Å². The fourth-order valence-corrected chi connectivity index (χ4v) is 3.54. The van der Waals surface area contributed by atoms with Gasteiger partial charge in [-0.2, -0.15) is 0 Å². The normalized spacial score (nSPS) is 12.8. The van der Waals surface area contributed by atoms with Crippen LogP contribution in [0.4, 0.5) is 0 Å². The SMILES string of the molecule is COc1ccc2cc([C@@H](CCC(COCc3ccccc3)O[N+](=O)[O-])C(=O)O)ccc2c1. The first kappa shape index (κ1) is 23.0. The van der Waals surface area contributed by atoms with E-state index < -0.39 is 23.1 Å². The zero-order valence-corrected chi connectivity index (χ0v) is 17.7. The molecule has 0 saturated heterocycles. The topological polar surface area (TPSA) is 108 Å². The summed E-state index contributed by atoms with van der Waals surface area (Å²) >= 11 is 0. The van der Waals surface area contributed by atoms with Crippen LogP contribution in [0.3, 0.4) is 0 Å². The molecule has 0 bridgehead atoms. The zero-order valence-electron chi connectivity index (χ0n) is 17.7. The molecule has 8 heteroatoms. The second-order valence-corrected chi connectivity index (χ2v) is 7.39. The van der Waals surface area contributed by atoms with Crippen LogP contribution < -0.4 is 4.74 Å². The first-order valence-electron chi connectivity index (χ1n) is 10.2. The van der Waals surface area contributed by atoms with E-state index in [1.165, 1.54) is 0 Å². The molecule has 32 heavy (non-hydrogen) atoms. The predicted octanol–water partition coefficient (Wildman–Crippen LogP) is 4.59. The predicted molar refractivity (Wildman–Crippen MR) is 118 cm³/mol. The number of carboxylic acids is 1. The van der Waals surface area contributed by atoms with Crippen LogP contribution >= 0.6 is 0 Å². The molecule has 1 N–H and O–H groups in total. The molecule has 1 unspecified atom stereocenters. The number of hydrogen-bond acceptors (Lipinski definition) is 6. The van der Waals surface area contributed by atoms with Gasteiger partial charge in [-0.05, 0) is 46.9 Å². The zero-order chi connectivity index (χ0) is 22.9. The largest absolute Gasteiger partial charge is 0.497 e. The first-order chi connectivity index (χ1) is 15.5. The standard InChI is InChI=1S/C24H25NO7/c1-30-21-10-9-18-13-20(8-7-19(18)14-21)23(24(26)27)12-11-22(32-25(28)29)16-31-15-17-5-3-2-4-6-17/h2-10,13-14,22-23H,11-12,15-16H2,1H3,(H,26,27)/t22?,23-/m1/s1. The average Bonchev–Trinajstić information content (AvgIpc) is 2.78. The molecule has 0 aliphatic carbocycles. The quantitative estimate of drug-likeness (QED) is 0.325. The van der Waals surface area contributed by atoms with E-state index in [-0.39, 0.29) is 26.1 Å². The number of carbonyl (C=O) groups is 1. The summed E-state index contributed by atoms with van der Waals surface area (Å²) in [4.78, 5) is 27.6. The molecule has 0 aliphatic heterocycles. The fourth-order valence-electron chi connectivity index (χ4n) is 3.54. The van der Waals surface area contributed by atoms with Crippen LogP contribution in [0.1, 0.15) is 29.9 Å². The molecule has 3 aromatic carbocycles. The van der Waals surface area contributed by atoms with Crippen molar-refractivity contribution in [1.29, 1.82) is 0 Å². The Bertz CT molecular complexity index is 1050. The van der Waals surface area contributed by atoms with Gasteiger partial charge in [0, 0.05) is 0 Å². The van der Waals surface area contributed by atoms with Gasteiger partial charge in [0.1, 0.15) is 11.9 Å². The Hall–Kier alpha value is -3.65. The third-order valence-corrected chi connectivity index (χ3v) is 5.20. The molecular formula is C24H25NO7. The number of aliphatic carboxylic acids is 1. The number of rotatable bonds is 12. The van der Waals surface area contributed by atoms with E-state index in [1.54, 1.807) is 13.2 Å². The molecule has 168 valence electrons. The lowest BCUT2D eigenvalue weighted by Crippen LogP contribution is -2.25. The van der Waals surface area contributed by atoms with Crippen molar-refractivity contribution in [2.24, 2.45) is 0 Å². The van der Waals surface area contributed by atoms with Crippen molar-refractivity contribution >= 4 is 16.7 Å². The van der Waals surface area contributed by atoms with Crippen molar-refractivity contribution in [2.75, 3.05) is 13.7 Å². The number of fused-ring (bicyclic) bond motifs is 1. The van der Waals surface area contributed by atoms with Crippen molar-refractivity contribution in [3.8, 4) is 5.75 Å². The molecule has 0 radical (unpaired) electrons. The molecule has 2 atom stereocenters. The van der Waals surface area contributed by atoms with E-state index in [9.17, 15) is 20.0 Å². The summed E-state index contributed by atoms with van der Waals surface area (Å²) in [5.41, 5.74) is 1.56. The minimum atomic E-state index is -0.997. The molecular weight excluding hydrogens is 414 g/mol. The van der Waals surface area contributed by atoms with Crippen molar-refractivity contribution in [1.82, 2.24) is 0 Å². The summed E-state index contributed by atoms with van der Waals surface area (Å²) in [5.74, 6) is -1.10. The van der Waals surface area contributed by atoms with Gasteiger partial charge in [-0.25, -0.2) is 0 Å². The van der Waals surface area contributed by atoms with E-state index in [0.29, 0.717) is 5.56 Å². The minimum absolute atomic E-state index is 0.0142. The molecule has 0 heterocycles. The van der Waals surface area contributed by atoms with Crippen LogP contribution in [0, 0.1) is 10.1 Å². The molecule has 0 aliphatic rings. The Morgan fingerprint density at radius 1 is 1.03 bits per heavy atom. The van der Waals surface area contributed by atoms with E-state index in [2.05, 4.69) is 0 Å². The molecule has 0 aromatic heterocycles. The Morgan fingerprint density at radius 2 is 1.75 bits per heavy atom. The van der Waals surface area contributed by atoms with Gasteiger partial charge in [-0.3, -0.25) is 4.79 Å². The summed E-state index contributed by atoms with van der Waals surface area (Å²) in [6.45, 7) is 0.272. The average molecular weight is 439 g/mol. The lowest BCUT2D eigenvalue weighted by molar-refractivity contribution is -0.769. The summed E-state index contributed by atoms with van der Waals surface area (Å²) in [6.07, 6.45) is -0.530. The summed E-state index contributed by atoms with van der Waals surface area (Å²) in [7, 11) is 1.59. The molecule has 0 spiro atoms. The van der Waals surface area contributed by atoms with Gasteiger partial charge in [-0.15, -0.1) is 10.1 Å². The maximum absolute atomic E-state index is 11.9. The van der Waals surface area contributed by atoms with Gasteiger partial charge in [0.25, 0.3) is 5.09 Å². The molecule has 3 rings (SSSR count). The second kappa shape index (κ2) is 11.1. The molecule has 0 fully saturated rings. The van der Waals surface area contributed by atoms with Crippen molar-refractivity contribution in [2.45, 2.75) is 31.5 Å². The smallest absolute Gasteiger partial charge is 0.310 e. The van der Waals surface area contributed by atoms with Gasteiger partial charge < -0.3 is 19.4 Å². The first-order valence-corrected chi connectivity index (χ1v) is 10.2. The summed E-state index contributed by atoms with van der Waals surface area (Å²) in [6, 6.07) is 20.4. The van der Waals surface area contributed by atoms with Gasteiger partial charge in [0.15, 0.2) is 0 Å². The van der Waals surface area contributed by atoms with Crippen molar-refractivity contribution in [3.05, 3.63) is 88.0 Å². The highest BCUT2D eigenvalue weighted by molar-refractivity contribution is 5.86. The molecule has 0 saturated carbocycles. The lowest BCUT2D eigenvalue weighted by Gasteiger charge is -2.19. The lowest BCUT2D eigenvalue weighted by atomic mass is 9.91. The second-order valence-electron chi connectivity index (χ2n) is 7.39. The van der Waals surface area contributed by atoms with Crippen LogP contribution in [0.5, 0.6) is 5.75 Å². The number of carboxylic acid groups (broad SMARTS) is 1. The Labute approximate surface area is 185 Å². The highest BCUT2D eigenvalue weighted by Gasteiger charge is 2.24. The van der Waals surface area contributed by atoms with Crippen molar-refractivity contribution in [3.63, 3.8) is 0 Å².